The van der Waals surface area contributed by atoms with Crippen LogP contribution in [0.25, 0.3) is 21.7 Å². The van der Waals surface area contributed by atoms with Crippen molar-refractivity contribution in [1.29, 1.82) is 0 Å². The fourth-order valence-corrected chi connectivity index (χ4v) is 6.32. The van der Waals surface area contributed by atoms with Crippen molar-refractivity contribution < 1.29 is 25.6 Å². The number of aromatic nitrogens is 1. The van der Waals surface area contributed by atoms with Crippen LogP contribution in [0.15, 0.2) is 86.9 Å². The van der Waals surface area contributed by atoms with Gasteiger partial charge in [0.25, 0.3) is 0 Å². The van der Waals surface area contributed by atoms with E-state index in [0.717, 1.165) is 41.9 Å². The van der Waals surface area contributed by atoms with E-state index in [9.17, 15) is 25.6 Å². The van der Waals surface area contributed by atoms with Crippen molar-refractivity contribution in [3.8, 4) is 21.7 Å². The molecule has 32 heavy (non-hydrogen) atoms. The minimum absolute atomic E-state index is 0.110. The highest BCUT2D eigenvalue weighted by molar-refractivity contribution is 7.93. The fourth-order valence-electron chi connectivity index (χ4n) is 2.98. The minimum atomic E-state index is -4.04. The van der Waals surface area contributed by atoms with Gasteiger partial charge in [0.2, 0.25) is 14.2 Å². The molecule has 4 aromatic rings. The summed E-state index contributed by atoms with van der Waals surface area (Å²) in [5.41, 5.74) is 1.35. The monoisotopic (exact) mass is 491 g/mol. The molecule has 0 bridgehead atoms. The van der Waals surface area contributed by atoms with E-state index in [1.807, 2.05) is 0 Å². The summed E-state index contributed by atoms with van der Waals surface area (Å²) in [6.07, 6.45) is 1.09. The Morgan fingerprint density at radius 2 is 1.16 bits per heavy atom. The van der Waals surface area contributed by atoms with E-state index in [1.165, 1.54) is 48.5 Å². The lowest BCUT2D eigenvalue weighted by Gasteiger charge is -2.04. The van der Waals surface area contributed by atoms with E-state index in [2.05, 4.69) is 4.98 Å². The van der Waals surface area contributed by atoms with Gasteiger partial charge in [-0.2, -0.15) is 0 Å². The van der Waals surface area contributed by atoms with E-state index in [1.54, 1.807) is 0 Å². The number of sulfone groups is 2. The van der Waals surface area contributed by atoms with Crippen LogP contribution in [0.5, 0.6) is 0 Å². The van der Waals surface area contributed by atoms with Gasteiger partial charge in [-0.1, -0.05) is 24.3 Å². The van der Waals surface area contributed by atoms with Crippen molar-refractivity contribution in [2.75, 3.05) is 6.26 Å². The Balaban J connectivity index is 1.89. The van der Waals surface area contributed by atoms with Crippen LogP contribution in [-0.4, -0.2) is 28.1 Å². The molecule has 4 rings (SSSR count). The van der Waals surface area contributed by atoms with E-state index >= 15 is 0 Å². The second-order valence-corrected chi connectivity index (χ2v) is 12.1. The lowest BCUT2D eigenvalue weighted by molar-refractivity contribution is 0.593. The molecular formula is C22H15F2NO4S3. The molecule has 0 amide bonds. The summed E-state index contributed by atoms with van der Waals surface area (Å²) in [4.78, 5) is 4.80. The molecule has 0 N–H and O–H groups in total. The van der Waals surface area contributed by atoms with Gasteiger partial charge in [-0.25, -0.2) is 30.6 Å². The minimum Gasteiger partial charge on any atom is -0.224 e. The Bertz CT molecular complexity index is 1490. The molecule has 0 spiro atoms. The Morgan fingerprint density at radius 3 is 1.69 bits per heavy atom. The third kappa shape index (κ3) is 4.34. The topological polar surface area (TPSA) is 81.2 Å². The number of hydrogen-bond donors (Lipinski definition) is 0. The predicted molar refractivity (Wildman–Crippen MR) is 118 cm³/mol. The Hall–Kier alpha value is -2.95. The summed E-state index contributed by atoms with van der Waals surface area (Å²) in [6, 6.07) is 15.8. The number of thiazole rings is 1. The Morgan fingerprint density at radius 1 is 0.688 bits per heavy atom. The van der Waals surface area contributed by atoms with Crippen molar-refractivity contribution in [2.45, 2.75) is 14.1 Å². The summed E-state index contributed by atoms with van der Waals surface area (Å²) in [6.45, 7) is 0. The molecule has 1 heterocycles. The van der Waals surface area contributed by atoms with Crippen LogP contribution in [0.1, 0.15) is 0 Å². The molecule has 1 aromatic heterocycles. The number of nitrogens with zero attached hydrogens (tertiary/aromatic N) is 1. The SMILES string of the molecule is CS(=O)(=O)c1ccc(-c2nc(S(=O)(=O)c3ccc(F)cc3)sc2-c2ccc(F)cc2)cc1. The van der Waals surface area contributed by atoms with E-state index < -0.39 is 31.3 Å². The van der Waals surface area contributed by atoms with Gasteiger partial charge in [0.15, 0.2) is 9.84 Å². The molecule has 10 heteroatoms. The van der Waals surface area contributed by atoms with Gasteiger partial charge in [0.1, 0.15) is 11.6 Å². The van der Waals surface area contributed by atoms with Crippen LogP contribution in [0.4, 0.5) is 8.78 Å². The molecule has 0 aliphatic carbocycles. The van der Waals surface area contributed by atoms with Crippen LogP contribution in [-0.2, 0) is 19.7 Å². The standard InChI is InChI=1S/C22H15F2NO4S3/c1-31(26,27)18-10-4-14(5-11-18)20-21(15-2-6-16(23)7-3-15)30-22(25-20)32(28,29)19-12-8-17(24)9-13-19/h2-13H,1H3. The lowest BCUT2D eigenvalue weighted by Crippen LogP contribution is -2.01. The van der Waals surface area contributed by atoms with Gasteiger partial charge in [-0.15, -0.1) is 11.3 Å². The van der Waals surface area contributed by atoms with Crippen LogP contribution in [0, 0.1) is 11.6 Å². The largest absolute Gasteiger partial charge is 0.233 e. The molecule has 0 saturated heterocycles. The average Bonchev–Trinajstić information content (AvgIpc) is 3.20. The second-order valence-electron chi connectivity index (χ2n) is 6.92. The number of rotatable bonds is 5. The normalized spacial score (nSPS) is 12.1. The van der Waals surface area contributed by atoms with Crippen molar-refractivity contribution in [3.63, 3.8) is 0 Å². The van der Waals surface area contributed by atoms with Gasteiger partial charge in [0.05, 0.1) is 20.4 Å². The zero-order chi connectivity index (χ0) is 23.1. The summed E-state index contributed by atoms with van der Waals surface area (Å²) < 4.78 is 76.2. The molecule has 3 aromatic carbocycles. The predicted octanol–water partition coefficient (Wildman–Crippen LogP) is 4.99. The molecule has 0 aliphatic heterocycles. The van der Waals surface area contributed by atoms with Crippen LogP contribution in [0.3, 0.4) is 0 Å². The summed E-state index contributed by atoms with van der Waals surface area (Å²) in [5.74, 6) is -1.02. The quantitative estimate of drug-likeness (QED) is 0.368. The number of benzene rings is 3. The lowest BCUT2D eigenvalue weighted by atomic mass is 10.1. The molecule has 0 radical (unpaired) electrons. The molecule has 0 atom stereocenters. The van der Waals surface area contributed by atoms with E-state index in [-0.39, 0.29) is 14.1 Å². The highest BCUT2D eigenvalue weighted by atomic mass is 32.2. The van der Waals surface area contributed by atoms with Crippen molar-refractivity contribution in [3.05, 3.63) is 84.4 Å². The second kappa shape index (κ2) is 8.19. The first-order valence-corrected chi connectivity index (χ1v) is 13.3. The third-order valence-electron chi connectivity index (χ3n) is 4.62. The van der Waals surface area contributed by atoms with Gasteiger partial charge in [-0.3, -0.25) is 0 Å². The molecule has 0 fully saturated rings. The first kappa shape index (κ1) is 22.3. The van der Waals surface area contributed by atoms with Crippen molar-refractivity contribution >= 4 is 31.0 Å². The van der Waals surface area contributed by atoms with Gasteiger partial charge in [-0.05, 0) is 54.1 Å². The Kier molecular flexibility index (Phi) is 5.70. The van der Waals surface area contributed by atoms with Gasteiger partial charge < -0.3 is 0 Å². The maximum atomic E-state index is 13.4. The molecule has 5 nitrogen and oxygen atoms in total. The number of halogens is 2. The highest BCUT2D eigenvalue weighted by Gasteiger charge is 2.26. The van der Waals surface area contributed by atoms with Crippen molar-refractivity contribution in [1.82, 2.24) is 4.98 Å². The molecule has 0 unspecified atom stereocenters. The summed E-state index contributed by atoms with van der Waals surface area (Å²) >= 11 is 0.895. The summed E-state index contributed by atoms with van der Waals surface area (Å²) in [7, 11) is -7.45. The molecule has 0 saturated carbocycles. The molecule has 0 aliphatic rings. The van der Waals surface area contributed by atoms with Crippen LogP contribution >= 0.6 is 11.3 Å². The number of hydrogen-bond acceptors (Lipinski definition) is 6. The highest BCUT2D eigenvalue weighted by Crippen LogP contribution is 2.40. The van der Waals surface area contributed by atoms with Crippen LogP contribution < -0.4 is 0 Å². The Labute approximate surface area is 187 Å². The average molecular weight is 492 g/mol. The van der Waals surface area contributed by atoms with Gasteiger partial charge in [0, 0.05) is 11.8 Å². The first-order chi connectivity index (χ1) is 15.1. The zero-order valence-corrected chi connectivity index (χ0v) is 18.9. The zero-order valence-electron chi connectivity index (χ0n) is 16.5. The van der Waals surface area contributed by atoms with Gasteiger partial charge >= 0.3 is 0 Å². The first-order valence-electron chi connectivity index (χ1n) is 9.13. The van der Waals surface area contributed by atoms with Crippen molar-refractivity contribution in [2.24, 2.45) is 0 Å². The van der Waals surface area contributed by atoms with E-state index in [4.69, 9.17) is 0 Å². The fraction of sp³-hybridized carbons (Fsp3) is 0.0455. The molecular weight excluding hydrogens is 476 g/mol. The molecule has 164 valence electrons. The third-order valence-corrected chi connectivity index (χ3v) is 9.00. The smallest absolute Gasteiger partial charge is 0.224 e. The van der Waals surface area contributed by atoms with E-state index in [0.29, 0.717) is 21.7 Å². The maximum Gasteiger partial charge on any atom is 0.233 e. The van der Waals surface area contributed by atoms with Crippen LogP contribution in [0.2, 0.25) is 0 Å². The summed E-state index contributed by atoms with van der Waals surface area (Å²) in [5, 5.41) is 0. The maximum absolute atomic E-state index is 13.4.